The number of benzene rings is 2. The highest BCUT2D eigenvalue weighted by molar-refractivity contribution is 5.94. The summed E-state index contributed by atoms with van der Waals surface area (Å²) in [7, 11) is 0. The lowest BCUT2D eigenvalue weighted by atomic mass is 10.2. The highest BCUT2D eigenvalue weighted by Gasteiger charge is 2.15. The van der Waals surface area contributed by atoms with Crippen LogP contribution in [0.15, 0.2) is 42.5 Å². The Morgan fingerprint density at radius 1 is 1.04 bits per heavy atom. The summed E-state index contributed by atoms with van der Waals surface area (Å²) in [5, 5.41) is 17.7. The first-order valence-corrected chi connectivity index (χ1v) is 7.35. The first-order valence-electron chi connectivity index (χ1n) is 7.35. The lowest BCUT2D eigenvalue weighted by molar-refractivity contribution is -0.387. The molecule has 2 rings (SSSR count). The van der Waals surface area contributed by atoms with Crippen LogP contribution in [-0.4, -0.2) is 23.4 Å². The molecule has 0 heterocycles. The van der Waals surface area contributed by atoms with Gasteiger partial charge in [-0.3, -0.25) is 14.9 Å². The quantitative estimate of drug-likeness (QED) is 0.539. The summed E-state index contributed by atoms with van der Waals surface area (Å²) in [6.45, 7) is -0.266. The molecule has 0 saturated heterocycles. The second-order valence-electron chi connectivity index (χ2n) is 5.13. The SMILES string of the molecule is O=C(CNC(=O)NCc1ccc(F)cc1)Nc1ccc(F)c([N+](=O)[O-])c1. The highest BCUT2D eigenvalue weighted by atomic mass is 19.1. The molecule has 0 fully saturated rings. The van der Waals surface area contributed by atoms with E-state index >= 15 is 0 Å². The second-order valence-corrected chi connectivity index (χ2v) is 5.13. The monoisotopic (exact) mass is 364 g/mol. The third kappa shape index (κ3) is 5.51. The first kappa shape index (κ1) is 18.8. The number of anilines is 1. The maximum atomic E-state index is 13.2. The van der Waals surface area contributed by atoms with Gasteiger partial charge in [0.05, 0.1) is 11.5 Å². The van der Waals surface area contributed by atoms with E-state index in [0.29, 0.717) is 5.56 Å². The number of nitro groups is 1. The Kier molecular flexibility index (Phi) is 6.15. The van der Waals surface area contributed by atoms with Crippen molar-refractivity contribution in [1.29, 1.82) is 0 Å². The number of carbonyl (C=O) groups excluding carboxylic acids is 2. The Balaban J connectivity index is 1.79. The normalized spacial score (nSPS) is 10.1. The first-order chi connectivity index (χ1) is 12.3. The van der Waals surface area contributed by atoms with Gasteiger partial charge in [-0.1, -0.05) is 12.1 Å². The molecule has 136 valence electrons. The van der Waals surface area contributed by atoms with Crippen LogP contribution in [0.4, 0.5) is 25.0 Å². The van der Waals surface area contributed by atoms with Gasteiger partial charge in [-0.05, 0) is 29.8 Å². The Morgan fingerprint density at radius 3 is 2.38 bits per heavy atom. The molecular weight excluding hydrogens is 350 g/mol. The molecule has 10 heteroatoms. The van der Waals surface area contributed by atoms with E-state index in [9.17, 15) is 28.5 Å². The largest absolute Gasteiger partial charge is 0.334 e. The van der Waals surface area contributed by atoms with Gasteiger partial charge < -0.3 is 16.0 Å². The number of hydrogen-bond acceptors (Lipinski definition) is 4. The van der Waals surface area contributed by atoms with Crippen LogP contribution in [-0.2, 0) is 11.3 Å². The molecule has 2 aromatic rings. The fourth-order valence-corrected chi connectivity index (χ4v) is 1.94. The minimum Gasteiger partial charge on any atom is -0.334 e. The van der Waals surface area contributed by atoms with Crippen molar-refractivity contribution in [1.82, 2.24) is 10.6 Å². The predicted molar refractivity (Wildman–Crippen MR) is 88.3 cm³/mol. The van der Waals surface area contributed by atoms with Gasteiger partial charge in [-0.25, -0.2) is 9.18 Å². The molecule has 0 aliphatic carbocycles. The van der Waals surface area contributed by atoms with Gasteiger partial charge >= 0.3 is 11.7 Å². The molecule has 2 aromatic carbocycles. The summed E-state index contributed by atoms with van der Waals surface area (Å²) in [4.78, 5) is 33.1. The van der Waals surface area contributed by atoms with E-state index in [1.807, 2.05) is 0 Å². The van der Waals surface area contributed by atoms with Crippen LogP contribution < -0.4 is 16.0 Å². The van der Waals surface area contributed by atoms with Crippen molar-refractivity contribution >= 4 is 23.3 Å². The molecule has 0 radical (unpaired) electrons. The van der Waals surface area contributed by atoms with Crippen LogP contribution in [0.2, 0.25) is 0 Å². The van der Waals surface area contributed by atoms with Gasteiger partial charge in [-0.15, -0.1) is 0 Å². The Morgan fingerprint density at radius 2 is 1.73 bits per heavy atom. The van der Waals surface area contributed by atoms with Crippen molar-refractivity contribution in [3.05, 3.63) is 69.8 Å². The number of nitrogens with zero attached hydrogens (tertiary/aromatic N) is 1. The van der Waals surface area contributed by atoms with Crippen molar-refractivity contribution in [2.75, 3.05) is 11.9 Å². The van der Waals surface area contributed by atoms with Gasteiger partial charge in [0.25, 0.3) is 0 Å². The van der Waals surface area contributed by atoms with Crippen molar-refractivity contribution in [2.24, 2.45) is 0 Å². The summed E-state index contributed by atoms with van der Waals surface area (Å²) in [6, 6.07) is 7.78. The second kappa shape index (κ2) is 8.51. The van der Waals surface area contributed by atoms with Crippen LogP contribution >= 0.6 is 0 Å². The zero-order valence-corrected chi connectivity index (χ0v) is 13.3. The smallest absolute Gasteiger partial charge is 0.315 e. The fourth-order valence-electron chi connectivity index (χ4n) is 1.94. The van der Waals surface area contributed by atoms with Crippen molar-refractivity contribution in [3.63, 3.8) is 0 Å². The summed E-state index contributed by atoms with van der Waals surface area (Å²) < 4.78 is 26.0. The standard InChI is InChI=1S/C16H14F2N4O4/c17-11-3-1-10(2-4-11)8-19-16(24)20-9-15(23)21-12-5-6-13(18)14(7-12)22(25)26/h1-7H,8-9H2,(H,21,23)(H2,19,20,24). The van der Waals surface area contributed by atoms with Crippen molar-refractivity contribution in [3.8, 4) is 0 Å². The maximum Gasteiger partial charge on any atom is 0.315 e. The van der Waals surface area contributed by atoms with Crippen molar-refractivity contribution in [2.45, 2.75) is 6.54 Å². The van der Waals surface area contributed by atoms with Gasteiger partial charge in [0, 0.05) is 18.3 Å². The lowest BCUT2D eigenvalue weighted by Crippen LogP contribution is -2.39. The molecule has 0 atom stereocenters. The number of carbonyl (C=O) groups is 2. The molecular formula is C16H14F2N4O4. The summed E-state index contributed by atoms with van der Waals surface area (Å²) in [5.74, 6) is -2.06. The predicted octanol–water partition coefficient (Wildman–Crippen LogP) is 2.31. The van der Waals surface area contributed by atoms with Crippen LogP contribution in [0.25, 0.3) is 0 Å². The van der Waals surface area contributed by atoms with Gasteiger partial charge in [0.2, 0.25) is 11.7 Å². The minimum absolute atomic E-state index is 0.0246. The minimum atomic E-state index is -1.02. The number of hydrogen-bond donors (Lipinski definition) is 3. The lowest BCUT2D eigenvalue weighted by Gasteiger charge is -2.09. The average Bonchev–Trinajstić information content (AvgIpc) is 2.61. The molecule has 0 saturated carbocycles. The summed E-state index contributed by atoms with van der Waals surface area (Å²) >= 11 is 0. The molecule has 8 nitrogen and oxygen atoms in total. The third-order valence-electron chi connectivity index (χ3n) is 3.20. The maximum absolute atomic E-state index is 13.2. The van der Waals surface area contributed by atoms with E-state index in [2.05, 4.69) is 16.0 Å². The molecule has 0 aromatic heterocycles. The molecule has 0 bridgehead atoms. The molecule has 3 N–H and O–H groups in total. The topological polar surface area (TPSA) is 113 Å². The molecule has 0 aliphatic rings. The zero-order chi connectivity index (χ0) is 19.1. The number of halogens is 2. The summed E-state index contributed by atoms with van der Waals surface area (Å²) in [5.41, 5.74) is -0.0750. The molecule has 0 aliphatic heterocycles. The van der Waals surface area contributed by atoms with E-state index in [1.54, 1.807) is 0 Å². The average molecular weight is 364 g/mol. The fraction of sp³-hybridized carbons (Fsp3) is 0.125. The number of urea groups is 1. The van der Waals surface area contributed by atoms with E-state index in [0.717, 1.165) is 18.2 Å². The van der Waals surface area contributed by atoms with Gasteiger partial charge in [0.1, 0.15) is 5.82 Å². The van der Waals surface area contributed by atoms with Crippen LogP contribution in [0.5, 0.6) is 0 Å². The molecule has 26 heavy (non-hydrogen) atoms. The highest BCUT2D eigenvalue weighted by Crippen LogP contribution is 2.21. The van der Waals surface area contributed by atoms with E-state index in [4.69, 9.17) is 0 Å². The molecule has 0 unspecified atom stereocenters. The summed E-state index contributed by atoms with van der Waals surface area (Å²) in [6.07, 6.45) is 0. The van der Waals surface area contributed by atoms with Gasteiger partial charge in [0.15, 0.2) is 0 Å². The number of nitro benzene ring substituents is 1. The van der Waals surface area contributed by atoms with E-state index < -0.39 is 40.7 Å². The Hall–Kier alpha value is -3.56. The number of rotatable bonds is 6. The molecule has 0 spiro atoms. The van der Waals surface area contributed by atoms with Crippen molar-refractivity contribution < 1.29 is 23.3 Å². The van der Waals surface area contributed by atoms with Crippen LogP contribution in [0.1, 0.15) is 5.56 Å². The Bertz CT molecular complexity index is 827. The van der Waals surface area contributed by atoms with Crippen LogP contribution in [0.3, 0.4) is 0 Å². The van der Waals surface area contributed by atoms with Gasteiger partial charge in [-0.2, -0.15) is 4.39 Å². The zero-order valence-electron chi connectivity index (χ0n) is 13.3. The van der Waals surface area contributed by atoms with E-state index in [-0.39, 0.29) is 12.2 Å². The number of nitrogens with one attached hydrogen (secondary N) is 3. The van der Waals surface area contributed by atoms with Crippen LogP contribution in [0, 0.1) is 21.7 Å². The third-order valence-corrected chi connectivity index (χ3v) is 3.20. The van der Waals surface area contributed by atoms with E-state index in [1.165, 1.54) is 24.3 Å². The Labute approximate surface area is 146 Å². The number of amides is 3. The molecule has 3 amide bonds.